The molecule has 1 aromatic carbocycles. The number of ether oxygens (including phenoxy) is 1. The number of carboxylic acid groups (broad SMARTS) is 1. The zero-order valence-electron chi connectivity index (χ0n) is 8.04. The maximum absolute atomic E-state index is 11.1. The number of benzene rings is 1. The van der Waals surface area contributed by atoms with Crippen LogP contribution in [0.25, 0.3) is 0 Å². The second-order valence-electron chi connectivity index (χ2n) is 2.29. The lowest BCUT2D eigenvalue weighted by Gasteiger charge is -1.96. The maximum atomic E-state index is 11.1. The fourth-order valence-electron chi connectivity index (χ4n) is 0.800. The molecule has 0 aliphatic heterocycles. The standard InChI is InChI=1S/C9H8O3.CH2O2/c1-12-9(11)8(10)7-5-3-2-4-6-7;2-1-3/h2-6H,1H3;1H,(H,2,3). The molecule has 5 heteroatoms. The minimum absolute atomic E-state index is 0.250. The van der Waals surface area contributed by atoms with Crippen LogP contribution >= 0.6 is 0 Å². The Kier molecular flexibility index (Phi) is 6.20. The highest BCUT2D eigenvalue weighted by Gasteiger charge is 2.14. The van der Waals surface area contributed by atoms with Gasteiger partial charge in [-0.15, -0.1) is 0 Å². The SMILES string of the molecule is COC(=O)C(=O)c1ccccc1.O=CO. The monoisotopic (exact) mass is 210 g/mol. The number of Topliss-reactive ketones (excluding diaryl/α,β-unsaturated/α-hetero) is 1. The minimum atomic E-state index is -0.832. The first-order valence-electron chi connectivity index (χ1n) is 3.93. The molecule has 0 fully saturated rings. The molecule has 1 rings (SSSR count). The van der Waals surface area contributed by atoms with E-state index in [1.54, 1.807) is 30.3 Å². The second-order valence-corrected chi connectivity index (χ2v) is 2.29. The molecule has 0 heterocycles. The van der Waals surface area contributed by atoms with E-state index < -0.39 is 11.8 Å². The summed E-state index contributed by atoms with van der Waals surface area (Å²) in [5, 5.41) is 6.89. The lowest BCUT2D eigenvalue weighted by molar-refractivity contribution is -0.135. The number of rotatable bonds is 2. The summed E-state index contributed by atoms with van der Waals surface area (Å²) >= 11 is 0. The molecule has 1 N–H and O–H groups in total. The molecule has 0 bridgehead atoms. The third kappa shape index (κ3) is 4.56. The van der Waals surface area contributed by atoms with E-state index in [-0.39, 0.29) is 6.47 Å². The Labute approximate surface area is 86.3 Å². The molecule has 1 aromatic rings. The highest BCUT2D eigenvalue weighted by atomic mass is 16.5. The van der Waals surface area contributed by atoms with Crippen molar-refractivity contribution in [3.05, 3.63) is 35.9 Å². The highest BCUT2D eigenvalue weighted by Crippen LogP contribution is 2.00. The van der Waals surface area contributed by atoms with Crippen LogP contribution in [0.1, 0.15) is 10.4 Å². The van der Waals surface area contributed by atoms with E-state index in [0.29, 0.717) is 5.56 Å². The summed E-state index contributed by atoms with van der Waals surface area (Å²) in [5.74, 6) is -1.45. The largest absolute Gasteiger partial charge is 0.483 e. The van der Waals surface area contributed by atoms with Crippen LogP contribution in [0.15, 0.2) is 30.3 Å². The summed E-state index contributed by atoms with van der Waals surface area (Å²) < 4.78 is 4.28. The molecule has 0 saturated heterocycles. The van der Waals surface area contributed by atoms with Gasteiger partial charge in [0.25, 0.3) is 12.3 Å². The van der Waals surface area contributed by atoms with Crippen molar-refractivity contribution in [2.75, 3.05) is 7.11 Å². The predicted octanol–water partition coefficient (Wildman–Crippen LogP) is 0.743. The number of ketones is 1. The molecule has 0 unspecified atom stereocenters. The summed E-state index contributed by atoms with van der Waals surface area (Å²) in [5.41, 5.74) is 0.351. The van der Waals surface area contributed by atoms with Crippen molar-refractivity contribution >= 4 is 18.2 Å². The summed E-state index contributed by atoms with van der Waals surface area (Å²) in [6.45, 7) is -0.250. The topological polar surface area (TPSA) is 80.7 Å². The van der Waals surface area contributed by atoms with Crippen molar-refractivity contribution < 1.29 is 24.2 Å². The number of hydrogen-bond acceptors (Lipinski definition) is 4. The molecule has 0 atom stereocenters. The Morgan fingerprint density at radius 1 is 1.27 bits per heavy atom. The van der Waals surface area contributed by atoms with E-state index in [1.165, 1.54) is 7.11 Å². The molecular weight excluding hydrogens is 200 g/mol. The van der Waals surface area contributed by atoms with Crippen molar-refractivity contribution in [2.45, 2.75) is 0 Å². The molecule has 0 aromatic heterocycles. The Morgan fingerprint density at radius 3 is 2.13 bits per heavy atom. The first-order chi connectivity index (χ1) is 7.17. The van der Waals surface area contributed by atoms with E-state index in [2.05, 4.69) is 4.74 Å². The first-order valence-corrected chi connectivity index (χ1v) is 3.93. The second kappa shape index (κ2) is 7.25. The Morgan fingerprint density at radius 2 is 1.73 bits per heavy atom. The van der Waals surface area contributed by atoms with Crippen LogP contribution in [-0.2, 0) is 14.3 Å². The van der Waals surface area contributed by atoms with Gasteiger partial charge in [0.05, 0.1) is 7.11 Å². The molecule has 0 radical (unpaired) electrons. The normalized spacial score (nSPS) is 8.07. The fraction of sp³-hybridized carbons (Fsp3) is 0.100. The Bertz CT molecular complexity index is 331. The van der Waals surface area contributed by atoms with Gasteiger partial charge < -0.3 is 9.84 Å². The quantitative estimate of drug-likeness (QED) is 0.337. The molecule has 80 valence electrons. The Balaban J connectivity index is 0.000000583. The van der Waals surface area contributed by atoms with Gasteiger partial charge in [-0.25, -0.2) is 4.79 Å². The van der Waals surface area contributed by atoms with Gasteiger partial charge in [0, 0.05) is 5.56 Å². The van der Waals surface area contributed by atoms with Crippen LogP contribution in [-0.4, -0.2) is 30.4 Å². The van der Waals surface area contributed by atoms with Crippen LogP contribution in [0.5, 0.6) is 0 Å². The molecule has 0 spiro atoms. The van der Waals surface area contributed by atoms with Crippen LogP contribution in [0.2, 0.25) is 0 Å². The number of hydrogen-bond donors (Lipinski definition) is 1. The van der Waals surface area contributed by atoms with Gasteiger partial charge in [0.15, 0.2) is 0 Å². The van der Waals surface area contributed by atoms with Crippen LogP contribution < -0.4 is 0 Å². The van der Waals surface area contributed by atoms with Gasteiger partial charge in [-0.1, -0.05) is 30.3 Å². The highest BCUT2D eigenvalue weighted by molar-refractivity contribution is 6.40. The molecule has 5 nitrogen and oxygen atoms in total. The lowest BCUT2D eigenvalue weighted by atomic mass is 10.1. The maximum Gasteiger partial charge on any atom is 0.379 e. The van der Waals surface area contributed by atoms with Gasteiger partial charge in [0.1, 0.15) is 0 Å². The molecule has 0 saturated carbocycles. The molecular formula is C10H10O5. The van der Waals surface area contributed by atoms with Gasteiger partial charge in [0.2, 0.25) is 0 Å². The van der Waals surface area contributed by atoms with Gasteiger partial charge in [-0.3, -0.25) is 9.59 Å². The zero-order chi connectivity index (χ0) is 11.7. The van der Waals surface area contributed by atoms with Crippen LogP contribution in [0.3, 0.4) is 0 Å². The van der Waals surface area contributed by atoms with E-state index in [1.807, 2.05) is 0 Å². The van der Waals surface area contributed by atoms with E-state index >= 15 is 0 Å². The number of esters is 1. The van der Waals surface area contributed by atoms with Crippen molar-refractivity contribution in [3.63, 3.8) is 0 Å². The predicted molar refractivity (Wildman–Crippen MR) is 51.5 cm³/mol. The van der Waals surface area contributed by atoms with Gasteiger partial charge >= 0.3 is 5.97 Å². The third-order valence-corrected chi connectivity index (χ3v) is 1.41. The molecule has 0 aliphatic rings. The average molecular weight is 210 g/mol. The van der Waals surface area contributed by atoms with Gasteiger partial charge in [-0.05, 0) is 0 Å². The van der Waals surface area contributed by atoms with Crippen LogP contribution in [0.4, 0.5) is 0 Å². The molecule has 15 heavy (non-hydrogen) atoms. The molecule has 0 amide bonds. The average Bonchev–Trinajstić information content (AvgIpc) is 2.29. The minimum Gasteiger partial charge on any atom is -0.483 e. The van der Waals surface area contributed by atoms with E-state index in [4.69, 9.17) is 9.90 Å². The zero-order valence-corrected chi connectivity index (χ0v) is 8.04. The van der Waals surface area contributed by atoms with Crippen molar-refractivity contribution in [1.82, 2.24) is 0 Å². The summed E-state index contributed by atoms with van der Waals surface area (Å²) in [6, 6.07) is 8.29. The summed E-state index contributed by atoms with van der Waals surface area (Å²) in [6.07, 6.45) is 0. The van der Waals surface area contributed by atoms with E-state index in [9.17, 15) is 9.59 Å². The van der Waals surface area contributed by atoms with Crippen molar-refractivity contribution in [2.24, 2.45) is 0 Å². The Hall–Kier alpha value is -2.17. The van der Waals surface area contributed by atoms with Crippen molar-refractivity contribution in [1.29, 1.82) is 0 Å². The molecule has 0 aliphatic carbocycles. The van der Waals surface area contributed by atoms with Gasteiger partial charge in [-0.2, -0.15) is 0 Å². The third-order valence-electron chi connectivity index (χ3n) is 1.41. The van der Waals surface area contributed by atoms with E-state index in [0.717, 1.165) is 0 Å². The number of carbonyl (C=O) groups is 3. The first kappa shape index (κ1) is 12.8. The smallest absolute Gasteiger partial charge is 0.379 e. The van der Waals surface area contributed by atoms with Crippen molar-refractivity contribution in [3.8, 4) is 0 Å². The number of carbonyl (C=O) groups excluding carboxylic acids is 2. The summed E-state index contributed by atoms with van der Waals surface area (Å²) in [4.78, 5) is 30.2. The summed E-state index contributed by atoms with van der Waals surface area (Å²) in [7, 11) is 1.18. The lowest BCUT2D eigenvalue weighted by Crippen LogP contribution is -2.15. The number of methoxy groups -OCH3 is 1. The van der Waals surface area contributed by atoms with Crippen LogP contribution in [0, 0.1) is 0 Å². The fourth-order valence-corrected chi connectivity index (χ4v) is 0.800.